The van der Waals surface area contributed by atoms with Gasteiger partial charge in [0.15, 0.2) is 0 Å². The first-order valence-electron chi connectivity index (χ1n) is 5.40. The molecule has 1 aromatic carbocycles. The summed E-state index contributed by atoms with van der Waals surface area (Å²) in [6, 6.07) is 3.60. The average molecular weight is 336 g/mol. The van der Waals surface area contributed by atoms with Gasteiger partial charge in [0.05, 0.1) is 17.7 Å². The molecule has 0 amide bonds. The summed E-state index contributed by atoms with van der Waals surface area (Å²) >= 11 is 3.16. The Labute approximate surface area is 114 Å². The zero-order chi connectivity index (χ0) is 14.2. The molecule has 0 aliphatic carbocycles. The van der Waals surface area contributed by atoms with Crippen molar-refractivity contribution in [2.75, 3.05) is 6.61 Å². The molecule has 1 aromatic heterocycles. The van der Waals surface area contributed by atoms with Gasteiger partial charge in [-0.05, 0) is 25.1 Å². The van der Waals surface area contributed by atoms with Crippen LogP contribution in [-0.4, -0.2) is 17.6 Å². The lowest BCUT2D eigenvalue weighted by Crippen LogP contribution is -2.07. The van der Waals surface area contributed by atoms with Crippen molar-refractivity contribution in [2.24, 2.45) is 0 Å². The molecule has 0 aliphatic rings. The highest BCUT2D eigenvalue weighted by molar-refractivity contribution is 9.10. The highest BCUT2D eigenvalue weighted by Gasteiger charge is 2.34. The van der Waals surface area contributed by atoms with Crippen LogP contribution < -0.4 is 0 Å². The van der Waals surface area contributed by atoms with Gasteiger partial charge in [-0.15, -0.1) is 0 Å². The smallest absolute Gasteiger partial charge is 0.418 e. The van der Waals surface area contributed by atoms with E-state index in [4.69, 9.17) is 4.74 Å². The molecule has 102 valence electrons. The van der Waals surface area contributed by atoms with Crippen molar-refractivity contribution >= 4 is 32.8 Å². The topological polar surface area (TPSA) is 42.1 Å². The van der Waals surface area contributed by atoms with E-state index in [2.05, 4.69) is 20.9 Å². The molecule has 0 aliphatic heterocycles. The lowest BCUT2D eigenvalue weighted by molar-refractivity contribution is -0.136. The minimum absolute atomic E-state index is 0.00532. The number of carbonyl (C=O) groups excluding carboxylic acids is 1. The molecule has 0 radical (unpaired) electrons. The molecule has 0 atom stereocenters. The number of aromatic amines is 1. The molecule has 2 aromatic rings. The van der Waals surface area contributed by atoms with E-state index in [0.29, 0.717) is 4.47 Å². The van der Waals surface area contributed by atoms with E-state index in [9.17, 15) is 18.0 Å². The Morgan fingerprint density at radius 3 is 2.68 bits per heavy atom. The van der Waals surface area contributed by atoms with Gasteiger partial charge in [0, 0.05) is 9.86 Å². The van der Waals surface area contributed by atoms with E-state index >= 15 is 0 Å². The van der Waals surface area contributed by atoms with Crippen LogP contribution in [0.5, 0.6) is 0 Å². The van der Waals surface area contributed by atoms with Gasteiger partial charge in [-0.25, -0.2) is 4.79 Å². The van der Waals surface area contributed by atoms with E-state index in [-0.39, 0.29) is 23.2 Å². The van der Waals surface area contributed by atoms with Gasteiger partial charge >= 0.3 is 12.1 Å². The van der Waals surface area contributed by atoms with E-state index in [1.807, 2.05) is 0 Å². The largest absolute Gasteiger partial charge is 0.461 e. The van der Waals surface area contributed by atoms with Gasteiger partial charge in [0.2, 0.25) is 0 Å². The number of fused-ring (bicyclic) bond motifs is 1. The molecule has 3 nitrogen and oxygen atoms in total. The molecule has 7 heteroatoms. The quantitative estimate of drug-likeness (QED) is 0.838. The number of H-pyrrole nitrogens is 1. The summed E-state index contributed by atoms with van der Waals surface area (Å²) in [7, 11) is 0. The van der Waals surface area contributed by atoms with Crippen LogP contribution in [-0.2, 0) is 10.9 Å². The van der Waals surface area contributed by atoms with Crippen molar-refractivity contribution in [3.05, 3.63) is 33.9 Å². The number of nitrogens with one attached hydrogen (secondary N) is 1. The minimum atomic E-state index is -4.49. The highest BCUT2D eigenvalue weighted by atomic mass is 79.9. The lowest BCUT2D eigenvalue weighted by atomic mass is 10.1. The van der Waals surface area contributed by atoms with Gasteiger partial charge in [0.25, 0.3) is 0 Å². The monoisotopic (exact) mass is 335 g/mol. The minimum Gasteiger partial charge on any atom is -0.461 e. The maximum absolute atomic E-state index is 12.9. The Hall–Kier alpha value is -1.50. The number of alkyl halides is 3. The van der Waals surface area contributed by atoms with Crippen LogP contribution in [0.15, 0.2) is 22.7 Å². The molecule has 0 bridgehead atoms. The van der Waals surface area contributed by atoms with Crippen LogP contribution in [0.1, 0.15) is 23.0 Å². The van der Waals surface area contributed by atoms with Crippen LogP contribution in [0.4, 0.5) is 13.2 Å². The zero-order valence-corrected chi connectivity index (χ0v) is 11.4. The first kappa shape index (κ1) is 13.9. The van der Waals surface area contributed by atoms with Gasteiger partial charge in [-0.1, -0.05) is 15.9 Å². The van der Waals surface area contributed by atoms with Gasteiger partial charge in [-0.3, -0.25) is 0 Å². The SMILES string of the molecule is CCOC(=O)c1cc2c(Br)ccc(C(F)(F)F)c2[nH]1. The molecular weight excluding hydrogens is 327 g/mol. The molecule has 0 unspecified atom stereocenters. The summed E-state index contributed by atoms with van der Waals surface area (Å²) in [5.41, 5.74) is -0.958. The fraction of sp³-hybridized carbons (Fsp3) is 0.250. The third-order valence-corrected chi connectivity index (χ3v) is 3.23. The third-order valence-electron chi connectivity index (χ3n) is 2.54. The second-order valence-electron chi connectivity index (χ2n) is 3.78. The third kappa shape index (κ3) is 2.60. The van der Waals surface area contributed by atoms with Crippen LogP contribution in [0.25, 0.3) is 10.9 Å². The summed E-state index contributed by atoms with van der Waals surface area (Å²) in [6.07, 6.45) is -4.49. The number of carbonyl (C=O) groups is 1. The van der Waals surface area contributed by atoms with Gasteiger partial charge in [-0.2, -0.15) is 13.2 Å². The number of hydrogen-bond acceptors (Lipinski definition) is 2. The molecule has 2 rings (SSSR count). The molecule has 1 heterocycles. The molecular formula is C12H9BrF3NO2. The first-order valence-corrected chi connectivity index (χ1v) is 6.19. The zero-order valence-electron chi connectivity index (χ0n) is 9.77. The van der Waals surface area contributed by atoms with E-state index in [1.54, 1.807) is 6.92 Å². The van der Waals surface area contributed by atoms with Gasteiger partial charge in [0.1, 0.15) is 5.69 Å². The summed E-state index contributed by atoms with van der Waals surface area (Å²) in [5.74, 6) is -0.682. The summed E-state index contributed by atoms with van der Waals surface area (Å²) in [4.78, 5) is 14.0. The second kappa shape index (κ2) is 4.88. The lowest BCUT2D eigenvalue weighted by Gasteiger charge is -2.08. The predicted molar refractivity (Wildman–Crippen MR) is 67.0 cm³/mol. The van der Waals surface area contributed by atoms with Crippen molar-refractivity contribution in [2.45, 2.75) is 13.1 Å². The molecule has 0 fully saturated rings. The number of aromatic nitrogens is 1. The van der Waals surface area contributed by atoms with Crippen molar-refractivity contribution < 1.29 is 22.7 Å². The molecule has 0 saturated carbocycles. The van der Waals surface area contributed by atoms with Crippen molar-refractivity contribution in [3.8, 4) is 0 Å². The van der Waals surface area contributed by atoms with E-state index < -0.39 is 17.7 Å². The number of rotatable bonds is 2. The van der Waals surface area contributed by atoms with Crippen molar-refractivity contribution in [3.63, 3.8) is 0 Å². The Morgan fingerprint density at radius 2 is 2.11 bits per heavy atom. The molecule has 19 heavy (non-hydrogen) atoms. The number of hydrogen-bond donors (Lipinski definition) is 1. The maximum Gasteiger partial charge on any atom is 0.418 e. The van der Waals surface area contributed by atoms with Crippen LogP contribution >= 0.6 is 15.9 Å². The number of halogens is 4. The number of esters is 1. The Balaban J connectivity index is 2.63. The van der Waals surface area contributed by atoms with Gasteiger partial charge < -0.3 is 9.72 Å². The fourth-order valence-electron chi connectivity index (χ4n) is 1.74. The maximum atomic E-state index is 12.9. The summed E-state index contributed by atoms with van der Waals surface area (Å²) < 4.78 is 43.8. The summed E-state index contributed by atoms with van der Waals surface area (Å²) in [5, 5.41) is 0.290. The van der Waals surface area contributed by atoms with Crippen LogP contribution in [0.3, 0.4) is 0 Å². The second-order valence-corrected chi connectivity index (χ2v) is 4.64. The molecule has 0 spiro atoms. The normalized spacial score (nSPS) is 11.8. The standard InChI is InChI=1S/C12H9BrF3NO2/c1-2-19-11(18)9-5-6-8(13)4-3-7(10(6)17-9)12(14,15)16/h3-5,17H,2H2,1H3. The average Bonchev–Trinajstić information content (AvgIpc) is 2.73. The Bertz CT molecular complexity index is 634. The van der Waals surface area contributed by atoms with Crippen molar-refractivity contribution in [1.29, 1.82) is 0 Å². The van der Waals surface area contributed by atoms with Crippen LogP contribution in [0, 0.1) is 0 Å². The fourth-order valence-corrected chi connectivity index (χ4v) is 2.18. The molecule has 1 N–H and O–H groups in total. The highest BCUT2D eigenvalue weighted by Crippen LogP contribution is 2.37. The summed E-state index contributed by atoms with van der Waals surface area (Å²) in [6.45, 7) is 1.78. The first-order chi connectivity index (χ1) is 8.84. The Kier molecular flexibility index (Phi) is 3.58. The van der Waals surface area contributed by atoms with Crippen LogP contribution in [0.2, 0.25) is 0 Å². The molecule has 0 saturated heterocycles. The predicted octanol–water partition coefficient (Wildman–Crippen LogP) is 4.13. The van der Waals surface area contributed by atoms with E-state index in [1.165, 1.54) is 12.1 Å². The Morgan fingerprint density at radius 1 is 1.42 bits per heavy atom. The number of benzene rings is 1. The number of ether oxygens (including phenoxy) is 1. The van der Waals surface area contributed by atoms with E-state index in [0.717, 1.165) is 6.07 Å². The van der Waals surface area contributed by atoms with Crippen molar-refractivity contribution in [1.82, 2.24) is 4.98 Å².